The van der Waals surface area contributed by atoms with Crippen LogP contribution in [0.2, 0.25) is 0 Å². The van der Waals surface area contributed by atoms with E-state index in [4.69, 9.17) is 0 Å². The Morgan fingerprint density at radius 3 is 2.68 bits per heavy atom. The summed E-state index contributed by atoms with van der Waals surface area (Å²) in [4.78, 5) is 14.2. The number of aromatic nitrogens is 2. The Hall–Kier alpha value is -1.94. The molecule has 0 unspecified atom stereocenters. The maximum Gasteiger partial charge on any atom is 0.208 e. The molecule has 0 fully saturated rings. The highest BCUT2D eigenvalue weighted by Gasteiger charge is 2.14. The number of para-hydroxylation sites is 1. The van der Waals surface area contributed by atoms with Gasteiger partial charge < -0.3 is 0 Å². The summed E-state index contributed by atoms with van der Waals surface area (Å²) in [5.41, 5.74) is 1.86. The third-order valence-electron chi connectivity index (χ3n) is 3.82. The van der Waals surface area contributed by atoms with Gasteiger partial charge in [0.2, 0.25) is 10.0 Å². The molecule has 2 aromatic heterocycles. The number of carbonyl (C=O) groups is 1. The highest BCUT2D eigenvalue weighted by atomic mass is 32.2. The summed E-state index contributed by atoms with van der Waals surface area (Å²) in [5, 5.41) is 5.44. The molecule has 0 radical (unpaired) electrons. The van der Waals surface area contributed by atoms with Gasteiger partial charge in [0.25, 0.3) is 0 Å². The Bertz CT molecular complexity index is 1060. The quantitative estimate of drug-likeness (QED) is 0.412. The second kappa shape index (κ2) is 9.04. The Kier molecular flexibility index (Phi) is 6.71. The van der Waals surface area contributed by atoms with Crippen LogP contribution in [0, 0.1) is 6.92 Å². The zero-order valence-corrected chi connectivity index (χ0v) is 18.0. The van der Waals surface area contributed by atoms with Gasteiger partial charge in [0.1, 0.15) is 5.03 Å². The molecule has 3 rings (SSSR count). The van der Waals surface area contributed by atoms with E-state index in [0.29, 0.717) is 23.6 Å². The number of nitrogens with one attached hydrogen (secondary N) is 1. The van der Waals surface area contributed by atoms with Gasteiger partial charge in [-0.3, -0.25) is 4.79 Å². The molecule has 6 nitrogen and oxygen atoms in total. The number of aryl methyl sites for hydroxylation is 1. The maximum atomic E-state index is 12.6. The van der Waals surface area contributed by atoms with Crippen LogP contribution in [0.4, 0.5) is 0 Å². The third-order valence-corrected chi connectivity index (χ3v) is 6.73. The molecule has 3 aromatic rings. The first-order valence-corrected chi connectivity index (χ1v) is 12.3. The molecular weight excluding hydrogens is 414 g/mol. The number of hydrogen-bond acceptors (Lipinski definition) is 6. The average Bonchev–Trinajstić information content (AvgIpc) is 3.26. The van der Waals surface area contributed by atoms with Gasteiger partial charge in [-0.15, -0.1) is 11.3 Å². The predicted molar refractivity (Wildman–Crippen MR) is 114 cm³/mol. The van der Waals surface area contributed by atoms with Crippen molar-refractivity contribution in [2.24, 2.45) is 0 Å². The van der Waals surface area contributed by atoms with Gasteiger partial charge in [0, 0.05) is 11.4 Å². The molecule has 0 saturated heterocycles. The van der Waals surface area contributed by atoms with Gasteiger partial charge in [-0.05, 0) is 43.7 Å². The largest absolute Gasteiger partial charge is 0.292 e. The van der Waals surface area contributed by atoms with Crippen LogP contribution < -0.4 is 4.72 Å². The van der Waals surface area contributed by atoms with Crippen molar-refractivity contribution in [3.63, 3.8) is 0 Å². The number of hydrogen-bond donors (Lipinski definition) is 1. The van der Waals surface area contributed by atoms with Crippen LogP contribution in [0.3, 0.4) is 0 Å². The molecular formula is C19H21N3O3S3. The lowest BCUT2D eigenvalue weighted by atomic mass is 10.3. The summed E-state index contributed by atoms with van der Waals surface area (Å²) in [6.07, 6.45) is 1.70. The van der Waals surface area contributed by atoms with E-state index in [-0.39, 0.29) is 5.78 Å². The number of thioether (sulfide) groups is 1. The minimum absolute atomic E-state index is 0.0517. The average molecular weight is 436 g/mol. The van der Waals surface area contributed by atoms with Gasteiger partial charge in [-0.25, -0.2) is 17.8 Å². The van der Waals surface area contributed by atoms with E-state index < -0.39 is 10.0 Å². The minimum Gasteiger partial charge on any atom is -0.292 e. The van der Waals surface area contributed by atoms with Gasteiger partial charge in [-0.2, -0.15) is 5.10 Å². The van der Waals surface area contributed by atoms with E-state index in [2.05, 4.69) is 9.82 Å². The molecule has 0 spiro atoms. The summed E-state index contributed by atoms with van der Waals surface area (Å²) in [6.45, 7) is 2.26. The Labute approximate surface area is 173 Å². The molecule has 2 heterocycles. The zero-order chi connectivity index (χ0) is 20.1. The second-order valence-corrected chi connectivity index (χ2v) is 10.3. The van der Waals surface area contributed by atoms with Crippen LogP contribution >= 0.6 is 23.1 Å². The van der Waals surface area contributed by atoms with Crippen LogP contribution in [0.15, 0.2) is 53.6 Å². The number of carbonyl (C=O) groups excluding carboxylic acids is 1. The molecule has 0 aliphatic carbocycles. The van der Waals surface area contributed by atoms with E-state index in [1.165, 1.54) is 23.1 Å². The fraction of sp³-hybridized carbons (Fsp3) is 0.263. The lowest BCUT2D eigenvalue weighted by molar-refractivity contribution is 0.102. The molecule has 1 N–H and O–H groups in total. The fourth-order valence-corrected chi connectivity index (χ4v) is 5.03. The van der Waals surface area contributed by atoms with Crippen molar-refractivity contribution in [1.82, 2.24) is 14.5 Å². The lowest BCUT2D eigenvalue weighted by Gasteiger charge is -2.06. The van der Waals surface area contributed by atoms with Gasteiger partial charge in [0.05, 0.1) is 28.3 Å². The second-order valence-electron chi connectivity index (χ2n) is 6.27. The Morgan fingerprint density at radius 2 is 1.96 bits per heavy atom. The van der Waals surface area contributed by atoms with E-state index in [1.807, 2.05) is 60.1 Å². The topological polar surface area (TPSA) is 81.1 Å². The van der Waals surface area contributed by atoms with Crippen molar-refractivity contribution < 1.29 is 13.2 Å². The highest BCUT2D eigenvalue weighted by molar-refractivity contribution is 8.00. The minimum atomic E-state index is -3.19. The maximum absolute atomic E-state index is 12.6. The molecule has 0 amide bonds. The SMILES string of the molecule is Cc1cc(SCC(=O)c2ccc(CCNS(C)(=O)=O)s2)n(-c2ccccc2)n1. The molecule has 148 valence electrons. The van der Waals surface area contributed by atoms with E-state index >= 15 is 0 Å². The molecule has 0 saturated carbocycles. The number of sulfonamides is 1. The molecule has 0 aliphatic rings. The smallest absolute Gasteiger partial charge is 0.208 e. The third kappa shape index (κ3) is 5.78. The van der Waals surface area contributed by atoms with E-state index in [0.717, 1.165) is 27.5 Å². The van der Waals surface area contributed by atoms with Crippen molar-refractivity contribution in [1.29, 1.82) is 0 Å². The number of Topliss-reactive ketones (excluding diaryl/α,β-unsaturated/α-hetero) is 1. The Balaban J connectivity index is 1.61. The summed E-state index contributed by atoms with van der Waals surface area (Å²) in [6, 6.07) is 15.5. The number of nitrogens with zero attached hydrogens (tertiary/aromatic N) is 2. The lowest BCUT2D eigenvalue weighted by Crippen LogP contribution is -2.23. The number of ketones is 1. The van der Waals surface area contributed by atoms with Crippen molar-refractivity contribution in [3.05, 3.63) is 64.0 Å². The first-order valence-electron chi connectivity index (χ1n) is 8.63. The summed E-state index contributed by atoms with van der Waals surface area (Å²) in [5.74, 6) is 0.371. The first kappa shape index (κ1) is 20.8. The van der Waals surface area contributed by atoms with Gasteiger partial charge >= 0.3 is 0 Å². The number of benzene rings is 1. The normalized spacial score (nSPS) is 11.6. The molecule has 0 aliphatic heterocycles. The monoisotopic (exact) mass is 435 g/mol. The fourth-order valence-electron chi connectivity index (χ4n) is 2.57. The molecule has 28 heavy (non-hydrogen) atoms. The van der Waals surface area contributed by atoms with Crippen LogP contribution in [-0.4, -0.2) is 42.5 Å². The van der Waals surface area contributed by atoms with E-state index in [1.54, 1.807) is 0 Å². The molecule has 0 bridgehead atoms. The van der Waals surface area contributed by atoms with Gasteiger partial charge in [-0.1, -0.05) is 30.0 Å². The van der Waals surface area contributed by atoms with Crippen LogP contribution in [0.5, 0.6) is 0 Å². The number of thiophene rings is 1. The summed E-state index contributed by atoms with van der Waals surface area (Å²) < 4.78 is 26.5. The highest BCUT2D eigenvalue weighted by Crippen LogP contribution is 2.25. The van der Waals surface area contributed by atoms with E-state index in [9.17, 15) is 13.2 Å². The van der Waals surface area contributed by atoms with Gasteiger partial charge in [0.15, 0.2) is 5.78 Å². The summed E-state index contributed by atoms with van der Waals surface area (Å²) >= 11 is 2.87. The summed E-state index contributed by atoms with van der Waals surface area (Å²) in [7, 11) is -3.19. The molecule has 1 aromatic carbocycles. The van der Waals surface area contributed by atoms with Crippen molar-refractivity contribution in [2.75, 3.05) is 18.6 Å². The predicted octanol–water partition coefficient (Wildman–Crippen LogP) is 3.31. The zero-order valence-electron chi connectivity index (χ0n) is 15.6. The van der Waals surface area contributed by atoms with Crippen molar-refractivity contribution >= 4 is 38.9 Å². The Morgan fingerprint density at radius 1 is 1.21 bits per heavy atom. The molecule has 0 atom stereocenters. The standard InChI is InChI=1S/C19H21N3O3S3/c1-14-12-19(22(21-14)15-6-4-3-5-7-15)26-13-17(23)18-9-8-16(27-18)10-11-20-28(2,24)25/h3-9,12,20H,10-11,13H2,1-2H3. The number of rotatable bonds is 9. The van der Waals surface area contributed by atoms with Crippen molar-refractivity contribution in [2.45, 2.75) is 18.4 Å². The van der Waals surface area contributed by atoms with Crippen LogP contribution in [0.25, 0.3) is 5.69 Å². The van der Waals surface area contributed by atoms with Crippen LogP contribution in [0.1, 0.15) is 20.2 Å². The van der Waals surface area contributed by atoms with Crippen molar-refractivity contribution in [3.8, 4) is 5.69 Å². The first-order chi connectivity index (χ1) is 13.3. The van der Waals surface area contributed by atoms with Crippen LogP contribution in [-0.2, 0) is 16.4 Å². The molecule has 9 heteroatoms.